The summed E-state index contributed by atoms with van der Waals surface area (Å²) in [6.45, 7) is 6.44. The van der Waals surface area contributed by atoms with Gasteiger partial charge < -0.3 is 20.7 Å². The Morgan fingerprint density at radius 3 is 1.64 bits per heavy atom. The number of alkyl halides is 1. The lowest BCUT2D eigenvalue weighted by molar-refractivity contribution is -0.132. The fourth-order valence-electron chi connectivity index (χ4n) is 4.05. The number of ketones is 1. The Hall–Kier alpha value is -3.75. The van der Waals surface area contributed by atoms with E-state index in [9.17, 15) is 23.6 Å². The minimum atomic E-state index is -1.22. The maximum atomic E-state index is 13.3. The van der Waals surface area contributed by atoms with Crippen LogP contribution in [0.25, 0.3) is 0 Å². The van der Waals surface area contributed by atoms with E-state index in [0.717, 1.165) is 11.1 Å². The number of nitrogens with one attached hydrogen (secondary N) is 3. The van der Waals surface area contributed by atoms with Gasteiger partial charge in [-0.25, -0.2) is 9.18 Å². The number of benzene rings is 2. The van der Waals surface area contributed by atoms with E-state index < -0.39 is 48.5 Å². The van der Waals surface area contributed by atoms with Gasteiger partial charge in [-0.15, -0.1) is 0 Å². The van der Waals surface area contributed by atoms with Crippen molar-refractivity contribution in [2.45, 2.75) is 71.7 Å². The van der Waals surface area contributed by atoms with E-state index in [0.29, 0.717) is 6.42 Å². The smallest absolute Gasteiger partial charge is 0.408 e. The van der Waals surface area contributed by atoms with Crippen LogP contribution in [-0.2, 0) is 32.1 Å². The standard InChI is InChI=1S/C30H40FN3O5/c1-20(2)15-25(28(36)32-24(27(35)18-31)17-22-11-7-5-8-12-22)33-29(37)26(16-21(3)4)34-30(38)39-19-23-13-9-6-10-14-23/h5-14,20-21,24-26H,15-19H2,1-4H3,(H,32,36)(H,33,37)(H,34,38)/t24?,25-,26?/m0/s1. The number of ether oxygens (including phenoxy) is 1. The number of alkyl carbamates (subject to hydrolysis) is 1. The van der Waals surface area contributed by atoms with E-state index in [2.05, 4.69) is 16.0 Å². The van der Waals surface area contributed by atoms with Gasteiger partial charge in [-0.05, 0) is 42.2 Å². The number of hydrogen-bond acceptors (Lipinski definition) is 5. The molecule has 0 aliphatic carbocycles. The molecule has 0 fully saturated rings. The van der Waals surface area contributed by atoms with Crippen molar-refractivity contribution < 1.29 is 28.3 Å². The Kier molecular flexibility index (Phi) is 13.1. The molecule has 3 amide bonds. The van der Waals surface area contributed by atoms with Crippen LogP contribution in [0.15, 0.2) is 60.7 Å². The zero-order valence-corrected chi connectivity index (χ0v) is 23.1. The number of amides is 3. The zero-order valence-electron chi connectivity index (χ0n) is 23.1. The summed E-state index contributed by atoms with van der Waals surface area (Å²) in [6.07, 6.45) is -0.0189. The average Bonchev–Trinajstić information content (AvgIpc) is 2.91. The van der Waals surface area contributed by atoms with Gasteiger partial charge in [-0.2, -0.15) is 0 Å². The molecule has 2 aromatic carbocycles. The number of carbonyl (C=O) groups is 4. The minimum Gasteiger partial charge on any atom is -0.445 e. The molecule has 0 spiro atoms. The topological polar surface area (TPSA) is 114 Å². The molecule has 0 saturated carbocycles. The van der Waals surface area contributed by atoms with Crippen molar-refractivity contribution in [3.63, 3.8) is 0 Å². The lowest BCUT2D eigenvalue weighted by Crippen LogP contribution is -2.56. The number of hydrogen-bond donors (Lipinski definition) is 3. The molecular weight excluding hydrogens is 501 g/mol. The van der Waals surface area contributed by atoms with Gasteiger partial charge in [0.25, 0.3) is 0 Å². The summed E-state index contributed by atoms with van der Waals surface area (Å²) in [5, 5.41) is 7.97. The van der Waals surface area contributed by atoms with Crippen LogP contribution in [0.3, 0.4) is 0 Å². The van der Waals surface area contributed by atoms with Crippen molar-refractivity contribution >= 4 is 23.7 Å². The average molecular weight is 542 g/mol. The molecule has 2 aromatic rings. The summed E-state index contributed by atoms with van der Waals surface area (Å²) in [4.78, 5) is 51.3. The summed E-state index contributed by atoms with van der Waals surface area (Å²) < 4.78 is 18.6. The zero-order chi connectivity index (χ0) is 28.8. The Labute approximate surface area is 230 Å². The largest absolute Gasteiger partial charge is 0.445 e. The molecule has 2 unspecified atom stereocenters. The number of halogens is 1. The third-order valence-electron chi connectivity index (χ3n) is 5.99. The molecule has 212 valence electrons. The maximum absolute atomic E-state index is 13.3. The number of carbonyl (C=O) groups excluding carboxylic acids is 4. The highest BCUT2D eigenvalue weighted by molar-refractivity contribution is 5.94. The van der Waals surface area contributed by atoms with E-state index in [1.165, 1.54) is 0 Å². The van der Waals surface area contributed by atoms with Gasteiger partial charge in [-0.3, -0.25) is 14.4 Å². The van der Waals surface area contributed by atoms with E-state index in [4.69, 9.17) is 4.74 Å². The first-order chi connectivity index (χ1) is 18.6. The van der Waals surface area contributed by atoms with E-state index >= 15 is 0 Å². The van der Waals surface area contributed by atoms with Crippen molar-refractivity contribution in [2.75, 3.05) is 6.67 Å². The second-order valence-electron chi connectivity index (χ2n) is 10.4. The fraction of sp³-hybridized carbons (Fsp3) is 0.467. The Bertz CT molecular complexity index is 1060. The van der Waals surface area contributed by atoms with Crippen molar-refractivity contribution in [3.8, 4) is 0 Å². The van der Waals surface area contributed by atoms with Crippen LogP contribution in [0.4, 0.5) is 9.18 Å². The Balaban J connectivity index is 2.10. The number of rotatable bonds is 15. The lowest BCUT2D eigenvalue weighted by atomic mass is 9.98. The predicted molar refractivity (Wildman–Crippen MR) is 147 cm³/mol. The normalized spacial score (nSPS) is 13.3. The van der Waals surface area contributed by atoms with E-state index in [1.54, 1.807) is 24.3 Å². The first kappa shape index (κ1) is 31.5. The van der Waals surface area contributed by atoms with Crippen LogP contribution >= 0.6 is 0 Å². The van der Waals surface area contributed by atoms with Gasteiger partial charge >= 0.3 is 6.09 Å². The third-order valence-corrected chi connectivity index (χ3v) is 5.99. The SMILES string of the molecule is CC(C)CC(NC(=O)OCc1ccccc1)C(=O)N[C@@H](CC(C)C)C(=O)NC(Cc1ccccc1)C(=O)CF. The van der Waals surface area contributed by atoms with Crippen molar-refractivity contribution in [3.05, 3.63) is 71.8 Å². The second-order valence-corrected chi connectivity index (χ2v) is 10.4. The predicted octanol–water partition coefficient (Wildman–Crippen LogP) is 4.12. The van der Waals surface area contributed by atoms with Gasteiger partial charge in [0.2, 0.25) is 11.8 Å². The molecule has 0 heterocycles. The van der Waals surface area contributed by atoms with E-state index in [-0.39, 0.29) is 31.3 Å². The quantitative estimate of drug-likeness (QED) is 0.314. The summed E-state index contributed by atoms with van der Waals surface area (Å²) in [5.41, 5.74) is 1.57. The minimum absolute atomic E-state index is 0.0258. The highest BCUT2D eigenvalue weighted by Gasteiger charge is 2.30. The van der Waals surface area contributed by atoms with Gasteiger partial charge in [0.1, 0.15) is 25.4 Å². The molecule has 8 nitrogen and oxygen atoms in total. The van der Waals surface area contributed by atoms with Crippen molar-refractivity contribution in [1.82, 2.24) is 16.0 Å². The first-order valence-electron chi connectivity index (χ1n) is 13.3. The molecule has 0 saturated heterocycles. The van der Waals surface area contributed by atoms with Gasteiger partial charge in [0.05, 0.1) is 6.04 Å². The molecule has 0 aliphatic rings. The van der Waals surface area contributed by atoms with Crippen LogP contribution in [-0.4, -0.2) is 48.5 Å². The van der Waals surface area contributed by atoms with Gasteiger partial charge in [-0.1, -0.05) is 88.4 Å². The molecule has 2 rings (SSSR count). The highest BCUT2D eigenvalue weighted by Crippen LogP contribution is 2.11. The monoisotopic (exact) mass is 541 g/mol. The van der Waals surface area contributed by atoms with Crippen LogP contribution in [0.5, 0.6) is 0 Å². The number of Topliss-reactive ketones (excluding diaryl/α,β-unsaturated/α-hetero) is 1. The molecule has 0 aliphatic heterocycles. The van der Waals surface area contributed by atoms with Crippen LogP contribution in [0, 0.1) is 11.8 Å². The Morgan fingerprint density at radius 2 is 1.15 bits per heavy atom. The van der Waals surface area contributed by atoms with Crippen LogP contribution in [0.2, 0.25) is 0 Å². The second kappa shape index (κ2) is 16.3. The molecule has 0 bridgehead atoms. The molecule has 3 N–H and O–H groups in total. The van der Waals surface area contributed by atoms with Gasteiger partial charge in [0.15, 0.2) is 5.78 Å². The molecule has 9 heteroatoms. The fourth-order valence-corrected chi connectivity index (χ4v) is 4.05. The molecular formula is C30H40FN3O5. The van der Waals surface area contributed by atoms with Crippen LogP contribution in [0.1, 0.15) is 51.7 Å². The maximum Gasteiger partial charge on any atom is 0.408 e. The van der Waals surface area contributed by atoms with Crippen molar-refractivity contribution in [1.29, 1.82) is 0 Å². The summed E-state index contributed by atoms with van der Waals surface area (Å²) >= 11 is 0. The third kappa shape index (κ3) is 11.7. The van der Waals surface area contributed by atoms with Crippen molar-refractivity contribution in [2.24, 2.45) is 11.8 Å². The molecule has 0 aromatic heterocycles. The van der Waals surface area contributed by atoms with Gasteiger partial charge in [0, 0.05) is 0 Å². The van der Waals surface area contributed by atoms with Crippen LogP contribution < -0.4 is 16.0 Å². The summed E-state index contributed by atoms with van der Waals surface area (Å²) in [5.74, 6) is -1.79. The lowest BCUT2D eigenvalue weighted by Gasteiger charge is -2.26. The molecule has 39 heavy (non-hydrogen) atoms. The molecule has 0 radical (unpaired) electrons. The van der Waals surface area contributed by atoms with E-state index in [1.807, 2.05) is 64.1 Å². The summed E-state index contributed by atoms with van der Waals surface area (Å²) in [7, 11) is 0. The summed E-state index contributed by atoms with van der Waals surface area (Å²) in [6, 6.07) is 15.1. The Morgan fingerprint density at radius 1 is 0.692 bits per heavy atom. The first-order valence-corrected chi connectivity index (χ1v) is 13.3. The molecule has 3 atom stereocenters. The highest BCUT2D eigenvalue weighted by atomic mass is 19.1.